The summed E-state index contributed by atoms with van der Waals surface area (Å²) in [5.74, 6) is 0.537. The molecule has 1 N–H and O–H groups in total. The minimum atomic E-state index is 0.345. The molecule has 0 radical (unpaired) electrons. The highest BCUT2D eigenvalue weighted by Crippen LogP contribution is 2.32. The van der Waals surface area contributed by atoms with E-state index in [0.29, 0.717) is 18.0 Å². The van der Waals surface area contributed by atoms with Crippen LogP contribution < -0.4 is 5.32 Å². The number of aromatic nitrogens is 2. The Morgan fingerprint density at radius 3 is 2.35 bits per heavy atom. The van der Waals surface area contributed by atoms with Crippen molar-refractivity contribution < 1.29 is 0 Å². The zero-order valence-corrected chi connectivity index (χ0v) is 14.1. The molecule has 20 heavy (non-hydrogen) atoms. The Hall–Kier alpha value is -1.29. The van der Waals surface area contributed by atoms with Gasteiger partial charge in [-0.1, -0.05) is 19.9 Å². The Morgan fingerprint density at radius 2 is 1.90 bits per heavy atom. The van der Waals surface area contributed by atoms with E-state index >= 15 is 0 Å². The van der Waals surface area contributed by atoms with Gasteiger partial charge in [0.15, 0.2) is 0 Å². The fourth-order valence-electron chi connectivity index (χ4n) is 2.56. The minimum Gasteiger partial charge on any atom is -0.374 e. The van der Waals surface area contributed by atoms with E-state index in [1.165, 1.54) is 16.3 Å². The monoisotopic (exact) mass is 291 g/mol. The van der Waals surface area contributed by atoms with E-state index in [0.717, 1.165) is 5.69 Å². The molecule has 0 amide bonds. The number of aryl methyl sites for hydroxylation is 1. The summed E-state index contributed by atoms with van der Waals surface area (Å²) < 4.78 is 2.10. The average Bonchev–Trinajstić information content (AvgIpc) is 2.96. The Morgan fingerprint density at radius 1 is 1.20 bits per heavy atom. The number of thiophene rings is 1. The molecule has 0 aromatic carbocycles. The molecule has 0 spiro atoms. The largest absolute Gasteiger partial charge is 0.374 e. The number of anilines is 1. The summed E-state index contributed by atoms with van der Waals surface area (Å²) in [5.41, 5.74) is 3.49. The van der Waals surface area contributed by atoms with Gasteiger partial charge in [-0.15, -0.1) is 11.3 Å². The summed E-state index contributed by atoms with van der Waals surface area (Å²) in [6, 6.07) is 5.06. The topological polar surface area (TPSA) is 29.9 Å². The molecule has 0 bridgehead atoms. The van der Waals surface area contributed by atoms with Gasteiger partial charge in [-0.05, 0) is 45.1 Å². The maximum Gasteiger partial charge on any atom is 0.0828 e. The highest BCUT2D eigenvalue weighted by molar-refractivity contribution is 7.10. The smallest absolute Gasteiger partial charge is 0.0828 e. The molecule has 0 saturated carbocycles. The molecule has 4 heteroatoms. The molecule has 2 rings (SSSR count). The van der Waals surface area contributed by atoms with Crippen molar-refractivity contribution in [3.63, 3.8) is 0 Å². The quantitative estimate of drug-likeness (QED) is 0.844. The first-order valence-electron chi connectivity index (χ1n) is 7.27. The second kappa shape index (κ2) is 6.00. The number of rotatable bonds is 5. The van der Waals surface area contributed by atoms with Crippen LogP contribution in [-0.4, -0.2) is 9.78 Å². The van der Waals surface area contributed by atoms with E-state index < -0.39 is 0 Å². The van der Waals surface area contributed by atoms with Crippen LogP contribution in [0.4, 0.5) is 5.69 Å². The van der Waals surface area contributed by atoms with Crippen molar-refractivity contribution in [2.75, 3.05) is 5.32 Å². The van der Waals surface area contributed by atoms with Gasteiger partial charge in [-0.25, -0.2) is 0 Å². The summed E-state index contributed by atoms with van der Waals surface area (Å²) in [5, 5.41) is 10.5. The Labute approximate surface area is 126 Å². The average molecular weight is 291 g/mol. The lowest BCUT2D eigenvalue weighted by Crippen LogP contribution is -2.16. The van der Waals surface area contributed by atoms with Gasteiger partial charge in [0.25, 0.3) is 0 Å². The molecule has 0 aliphatic heterocycles. The summed E-state index contributed by atoms with van der Waals surface area (Å²) in [6.07, 6.45) is 0. The summed E-state index contributed by atoms with van der Waals surface area (Å²) in [4.78, 5) is 1.39. The molecule has 2 aromatic heterocycles. The molecule has 2 aromatic rings. The van der Waals surface area contributed by atoms with Crippen LogP contribution in [-0.2, 0) is 0 Å². The first kappa shape index (κ1) is 15.1. The van der Waals surface area contributed by atoms with Crippen LogP contribution in [0.3, 0.4) is 0 Å². The first-order valence-corrected chi connectivity index (χ1v) is 8.15. The SMILES string of the molecule is Cc1nn(C(C)C)c(C)c1NC(c1cccs1)C(C)C. The molecular weight excluding hydrogens is 266 g/mol. The zero-order valence-electron chi connectivity index (χ0n) is 13.3. The van der Waals surface area contributed by atoms with E-state index in [4.69, 9.17) is 0 Å². The van der Waals surface area contributed by atoms with Gasteiger partial charge in [-0.3, -0.25) is 4.68 Å². The van der Waals surface area contributed by atoms with Crippen molar-refractivity contribution in [2.45, 2.75) is 53.6 Å². The Balaban J connectivity index is 2.32. The van der Waals surface area contributed by atoms with Crippen molar-refractivity contribution in [3.05, 3.63) is 33.8 Å². The lowest BCUT2D eigenvalue weighted by molar-refractivity contribution is 0.515. The fraction of sp³-hybridized carbons (Fsp3) is 0.562. The molecule has 1 unspecified atom stereocenters. The maximum atomic E-state index is 4.66. The number of hydrogen-bond donors (Lipinski definition) is 1. The molecule has 110 valence electrons. The molecular formula is C16H25N3S. The van der Waals surface area contributed by atoms with Crippen LogP contribution in [0.5, 0.6) is 0 Å². The normalized spacial score (nSPS) is 13.2. The van der Waals surface area contributed by atoms with E-state index in [2.05, 4.69) is 74.2 Å². The van der Waals surface area contributed by atoms with Crippen LogP contribution in [0.2, 0.25) is 0 Å². The molecule has 3 nitrogen and oxygen atoms in total. The van der Waals surface area contributed by atoms with Gasteiger partial charge in [0.1, 0.15) is 0 Å². The molecule has 0 aliphatic carbocycles. The zero-order chi connectivity index (χ0) is 14.9. The van der Waals surface area contributed by atoms with Crippen molar-refractivity contribution in [1.82, 2.24) is 9.78 Å². The lowest BCUT2D eigenvalue weighted by atomic mass is 10.0. The van der Waals surface area contributed by atoms with Gasteiger partial charge in [0.2, 0.25) is 0 Å². The van der Waals surface area contributed by atoms with Crippen molar-refractivity contribution in [2.24, 2.45) is 5.92 Å². The second-order valence-electron chi connectivity index (χ2n) is 5.97. The molecule has 0 fully saturated rings. The van der Waals surface area contributed by atoms with Crippen molar-refractivity contribution >= 4 is 17.0 Å². The molecule has 0 aliphatic rings. The van der Waals surface area contributed by atoms with E-state index in [1.54, 1.807) is 0 Å². The highest BCUT2D eigenvalue weighted by atomic mass is 32.1. The van der Waals surface area contributed by atoms with Crippen LogP contribution >= 0.6 is 11.3 Å². The minimum absolute atomic E-state index is 0.345. The number of nitrogens with zero attached hydrogens (tertiary/aromatic N) is 2. The summed E-state index contributed by atoms with van der Waals surface area (Å²) >= 11 is 1.81. The second-order valence-corrected chi connectivity index (χ2v) is 6.94. The predicted octanol–water partition coefficient (Wildman–Crippen LogP) is 4.95. The van der Waals surface area contributed by atoms with Crippen molar-refractivity contribution in [3.8, 4) is 0 Å². The Kier molecular flexibility index (Phi) is 4.53. The third-order valence-electron chi connectivity index (χ3n) is 3.63. The highest BCUT2D eigenvalue weighted by Gasteiger charge is 2.21. The van der Waals surface area contributed by atoms with Crippen LogP contribution in [0.15, 0.2) is 17.5 Å². The third kappa shape index (κ3) is 2.90. The van der Waals surface area contributed by atoms with Crippen LogP contribution in [0.1, 0.15) is 56.0 Å². The Bertz CT molecular complexity index is 553. The third-order valence-corrected chi connectivity index (χ3v) is 4.59. The molecule has 2 heterocycles. The van der Waals surface area contributed by atoms with Gasteiger partial charge < -0.3 is 5.32 Å². The van der Waals surface area contributed by atoms with E-state index in [-0.39, 0.29) is 0 Å². The number of nitrogens with one attached hydrogen (secondary N) is 1. The van der Waals surface area contributed by atoms with Crippen LogP contribution in [0.25, 0.3) is 0 Å². The van der Waals surface area contributed by atoms with E-state index in [1.807, 2.05) is 11.3 Å². The van der Waals surface area contributed by atoms with E-state index in [9.17, 15) is 0 Å². The van der Waals surface area contributed by atoms with Gasteiger partial charge >= 0.3 is 0 Å². The van der Waals surface area contributed by atoms with Crippen LogP contribution in [0, 0.1) is 19.8 Å². The van der Waals surface area contributed by atoms with Crippen molar-refractivity contribution in [1.29, 1.82) is 0 Å². The standard InChI is InChI=1S/C16H25N3S/c1-10(2)15(14-8-7-9-20-14)17-16-12(5)18-19(11(3)4)13(16)6/h7-11,15,17H,1-6H3. The van der Waals surface area contributed by atoms with Gasteiger partial charge in [0, 0.05) is 10.9 Å². The molecule has 0 saturated heterocycles. The predicted molar refractivity (Wildman–Crippen MR) is 87.6 cm³/mol. The summed E-state index contributed by atoms with van der Waals surface area (Å²) in [7, 11) is 0. The van der Waals surface area contributed by atoms with Gasteiger partial charge in [-0.2, -0.15) is 5.10 Å². The maximum absolute atomic E-state index is 4.66. The lowest BCUT2D eigenvalue weighted by Gasteiger charge is -2.23. The number of hydrogen-bond acceptors (Lipinski definition) is 3. The first-order chi connectivity index (χ1) is 9.41. The fourth-order valence-corrected chi connectivity index (χ4v) is 3.51. The van der Waals surface area contributed by atoms with Gasteiger partial charge in [0.05, 0.1) is 23.1 Å². The molecule has 1 atom stereocenters. The summed E-state index contributed by atoms with van der Waals surface area (Å²) in [6.45, 7) is 13.1.